The molecular formula is C24H28N2O3. The average molecular weight is 392 g/mol. The fourth-order valence-electron chi connectivity index (χ4n) is 4.29. The first kappa shape index (κ1) is 18.3. The van der Waals surface area contributed by atoms with Crippen molar-refractivity contribution in [3.8, 4) is 16.9 Å². The number of benzene rings is 2. The third kappa shape index (κ3) is 3.43. The van der Waals surface area contributed by atoms with E-state index in [-0.39, 0.29) is 17.5 Å². The fraction of sp³-hybridized carbons (Fsp3) is 0.458. The van der Waals surface area contributed by atoms with Crippen molar-refractivity contribution in [3.63, 3.8) is 0 Å². The van der Waals surface area contributed by atoms with Crippen LogP contribution in [0, 0.1) is 5.92 Å². The molecule has 1 N–H and O–H groups in total. The number of fused-ring (bicyclic) bond motifs is 1. The van der Waals surface area contributed by atoms with Crippen LogP contribution < -0.4 is 15.0 Å². The maximum absolute atomic E-state index is 11.7. The van der Waals surface area contributed by atoms with Crippen molar-refractivity contribution in [2.24, 2.45) is 5.92 Å². The topological polar surface area (TPSA) is 50.8 Å². The Kier molecular flexibility index (Phi) is 4.23. The highest BCUT2D eigenvalue weighted by atomic mass is 16.5. The average Bonchev–Trinajstić information content (AvgIpc) is 3.50. The predicted molar refractivity (Wildman–Crippen MR) is 115 cm³/mol. The van der Waals surface area contributed by atoms with Gasteiger partial charge in [0.1, 0.15) is 11.4 Å². The summed E-state index contributed by atoms with van der Waals surface area (Å²) in [6, 6.07) is 13.2. The lowest BCUT2D eigenvalue weighted by Gasteiger charge is -2.39. The third-order valence-electron chi connectivity index (χ3n) is 6.19. The van der Waals surface area contributed by atoms with Gasteiger partial charge in [0, 0.05) is 24.3 Å². The lowest BCUT2D eigenvalue weighted by Crippen LogP contribution is -2.50. The number of nitrogens with zero attached hydrogens (tertiary/aromatic N) is 1. The van der Waals surface area contributed by atoms with Crippen LogP contribution in [0.5, 0.6) is 5.75 Å². The molecule has 1 saturated carbocycles. The maximum Gasteiger partial charge on any atom is 0.312 e. The van der Waals surface area contributed by atoms with E-state index in [0.29, 0.717) is 19.0 Å². The zero-order valence-corrected chi connectivity index (χ0v) is 17.3. The molecule has 0 atom stereocenters. The summed E-state index contributed by atoms with van der Waals surface area (Å²) in [4.78, 5) is 13.9. The van der Waals surface area contributed by atoms with Crippen LogP contribution in [-0.2, 0) is 9.53 Å². The van der Waals surface area contributed by atoms with Gasteiger partial charge in [0.2, 0.25) is 0 Å². The lowest BCUT2D eigenvalue weighted by atomic mass is 9.94. The van der Waals surface area contributed by atoms with Gasteiger partial charge in [0.25, 0.3) is 0 Å². The molecule has 5 rings (SSSR count). The van der Waals surface area contributed by atoms with E-state index < -0.39 is 0 Å². The Balaban J connectivity index is 1.48. The smallest absolute Gasteiger partial charge is 0.312 e. The largest absolute Gasteiger partial charge is 0.484 e. The van der Waals surface area contributed by atoms with Crippen molar-refractivity contribution in [3.05, 3.63) is 42.0 Å². The van der Waals surface area contributed by atoms with E-state index in [1.54, 1.807) is 0 Å². The summed E-state index contributed by atoms with van der Waals surface area (Å²) in [6.45, 7) is 6.45. The number of hydrogen-bond donors (Lipinski definition) is 1. The molecule has 0 amide bonds. The molecule has 5 heteroatoms. The minimum absolute atomic E-state index is 0.0214. The molecule has 2 aromatic rings. The molecule has 3 aliphatic rings. The van der Waals surface area contributed by atoms with Crippen molar-refractivity contribution >= 4 is 17.3 Å². The molecule has 0 aromatic heterocycles. The highest BCUT2D eigenvalue weighted by Crippen LogP contribution is 2.48. The molecule has 2 heterocycles. The summed E-state index contributed by atoms with van der Waals surface area (Å²) in [6.07, 6.45) is 2.52. The predicted octanol–water partition coefficient (Wildman–Crippen LogP) is 4.42. The summed E-state index contributed by atoms with van der Waals surface area (Å²) < 4.78 is 11.2. The second-order valence-corrected chi connectivity index (χ2v) is 9.11. The minimum atomic E-state index is -0.213. The number of carbonyl (C=O) groups is 1. The van der Waals surface area contributed by atoms with Gasteiger partial charge in [-0.3, -0.25) is 4.79 Å². The zero-order valence-electron chi connectivity index (χ0n) is 17.3. The van der Waals surface area contributed by atoms with Crippen LogP contribution >= 0.6 is 0 Å². The van der Waals surface area contributed by atoms with Gasteiger partial charge < -0.3 is 19.7 Å². The van der Waals surface area contributed by atoms with Crippen molar-refractivity contribution in [1.29, 1.82) is 0 Å². The van der Waals surface area contributed by atoms with E-state index in [1.165, 1.54) is 36.6 Å². The monoisotopic (exact) mass is 392 g/mol. The van der Waals surface area contributed by atoms with Crippen molar-refractivity contribution in [2.45, 2.75) is 38.2 Å². The molecule has 2 aromatic carbocycles. The zero-order chi connectivity index (χ0) is 20.2. The third-order valence-corrected chi connectivity index (χ3v) is 6.19. The molecule has 5 nitrogen and oxygen atoms in total. The van der Waals surface area contributed by atoms with Crippen LogP contribution in [0.3, 0.4) is 0 Å². The van der Waals surface area contributed by atoms with Gasteiger partial charge in [-0.05, 0) is 68.0 Å². The van der Waals surface area contributed by atoms with Gasteiger partial charge in [-0.1, -0.05) is 12.1 Å². The first-order valence-corrected chi connectivity index (χ1v) is 10.5. The Labute approximate surface area is 172 Å². The Morgan fingerprint density at radius 3 is 2.72 bits per heavy atom. The molecule has 0 bridgehead atoms. The standard InChI is InChI=1S/C24H28N2O3/c1-24(2)14-25-22-20(10-17(15-7-8-15)11-21(22)29-24)16-5-4-6-19(9-16)26-12-18(13-26)23(27)28-3/h4-6,9-11,15,18,25H,7-8,12-14H2,1-3H3. The summed E-state index contributed by atoms with van der Waals surface area (Å²) in [5.41, 5.74) is 5.77. The second-order valence-electron chi connectivity index (χ2n) is 9.11. The van der Waals surface area contributed by atoms with Gasteiger partial charge >= 0.3 is 5.97 Å². The number of anilines is 2. The normalized spacial score (nSPS) is 20.2. The van der Waals surface area contributed by atoms with E-state index in [1.807, 2.05) is 0 Å². The first-order valence-electron chi connectivity index (χ1n) is 10.5. The Bertz CT molecular complexity index is 959. The fourth-order valence-corrected chi connectivity index (χ4v) is 4.29. The van der Waals surface area contributed by atoms with E-state index >= 15 is 0 Å². The molecule has 2 aliphatic heterocycles. The molecule has 152 valence electrons. The summed E-state index contributed by atoms with van der Waals surface area (Å²) in [7, 11) is 1.46. The molecule has 0 unspecified atom stereocenters. The van der Waals surface area contributed by atoms with Crippen molar-refractivity contribution in [2.75, 3.05) is 37.0 Å². The van der Waals surface area contributed by atoms with Gasteiger partial charge in [0.05, 0.1) is 25.3 Å². The molecule has 1 aliphatic carbocycles. The van der Waals surface area contributed by atoms with Gasteiger partial charge in [-0.25, -0.2) is 0 Å². The maximum atomic E-state index is 11.7. The van der Waals surface area contributed by atoms with Crippen molar-refractivity contribution in [1.82, 2.24) is 0 Å². The SMILES string of the molecule is COC(=O)C1CN(c2cccc(-c3cc(C4CC4)cc4c3NCC(C)(C)O4)c2)C1. The summed E-state index contributed by atoms with van der Waals surface area (Å²) >= 11 is 0. The van der Waals surface area contributed by atoms with Crippen LogP contribution in [0.2, 0.25) is 0 Å². The lowest BCUT2D eigenvalue weighted by molar-refractivity contribution is -0.146. The van der Waals surface area contributed by atoms with Crippen molar-refractivity contribution < 1.29 is 14.3 Å². The van der Waals surface area contributed by atoms with E-state index in [9.17, 15) is 4.79 Å². The Morgan fingerprint density at radius 1 is 1.21 bits per heavy atom. The number of rotatable bonds is 4. The van der Waals surface area contributed by atoms with Gasteiger partial charge in [0.15, 0.2) is 0 Å². The number of carbonyl (C=O) groups excluding carboxylic acids is 1. The summed E-state index contributed by atoms with van der Waals surface area (Å²) in [5, 5.41) is 3.61. The van der Waals surface area contributed by atoms with Crippen LogP contribution in [0.25, 0.3) is 11.1 Å². The van der Waals surface area contributed by atoms with Crippen LogP contribution in [0.4, 0.5) is 11.4 Å². The molecule has 0 radical (unpaired) electrons. The molecule has 29 heavy (non-hydrogen) atoms. The van der Waals surface area contributed by atoms with Gasteiger partial charge in [-0.15, -0.1) is 0 Å². The number of hydrogen-bond acceptors (Lipinski definition) is 5. The molecule has 0 spiro atoms. The number of esters is 1. The quantitative estimate of drug-likeness (QED) is 0.781. The van der Waals surface area contributed by atoms with Crippen LogP contribution in [0.1, 0.15) is 38.2 Å². The second kappa shape index (κ2) is 6.68. The molecule has 2 fully saturated rings. The van der Waals surface area contributed by atoms with E-state index in [4.69, 9.17) is 9.47 Å². The number of ether oxygens (including phenoxy) is 2. The molecule has 1 saturated heterocycles. The van der Waals surface area contributed by atoms with E-state index in [0.717, 1.165) is 23.7 Å². The molecular weight excluding hydrogens is 364 g/mol. The Morgan fingerprint density at radius 2 is 2.00 bits per heavy atom. The van der Waals surface area contributed by atoms with Crippen LogP contribution in [0.15, 0.2) is 36.4 Å². The minimum Gasteiger partial charge on any atom is -0.484 e. The Hall–Kier alpha value is -2.69. The first-order chi connectivity index (χ1) is 13.9. The van der Waals surface area contributed by atoms with Gasteiger partial charge in [-0.2, -0.15) is 0 Å². The highest BCUT2D eigenvalue weighted by molar-refractivity contribution is 5.86. The number of nitrogens with one attached hydrogen (secondary N) is 1. The number of methoxy groups -OCH3 is 1. The van der Waals surface area contributed by atoms with Crippen LogP contribution in [-0.4, -0.2) is 38.3 Å². The highest BCUT2D eigenvalue weighted by Gasteiger charge is 2.34. The summed E-state index contributed by atoms with van der Waals surface area (Å²) in [5.74, 6) is 1.48. The van der Waals surface area contributed by atoms with E-state index in [2.05, 4.69) is 60.5 Å².